The summed E-state index contributed by atoms with van der Waals surface area (Å²) < 4.78 is 1.05. The SMILES string of the molecule is CCNC(Cc1ccc(Br)cn1)C1SCCSC1C. The zero-order valence-electron chi connectivity index (χ0n) is 11.4. The van der Waals surface area contributed by atoms with E-state index in [4.69, 9.17) is 0 Å². The summed E-state index contributed by atoms with van der Waals surface area (Å²) in [6.07, 6.45) is 2.91. The molecule has 1 saturated heterocycles. The monoisotopic (exact) mass is 360 g/mol. The Hall–Kier alpha value is 0.290. The number of thioether (sulfide) groups is 2. The minimum atomic E-state index is 0.520. The fourth-order valence-corrected chi connectivity index (χ4v) is 5.61. The van der Waals surface area contributed by atoms with Gasteiger partial charge in [0.05, 0.1) is 0 Å². The highest BCUT2D eigenvalue weighted by Gasteiger charge is 2.30. The fourth-order valence-electron chi connectivity index (χ4n) is 2.41. The molecule has 0 aromatic carbocycles. The molecule has 5 heteroatoms. The molecule has 1 aromatic rings. The Morgan fingerprint density at radius 1 is 1.42 bits per heavy atom. The molecule has 0 radical (unpaired) electrons. The van der Waals surface area contributed by atoms with E-state index < -0.39 is 0 Å². The zero-order chi connectivity index (χ0) is 13.7. The highest BCUT2D eigenvalue weighted by molar-refractivity contribution is 9.10. The number of halogens is 1. The molecule has 1 N–H and O–H groups in total. The summed E-state index contributed by atoms with van der Waals surface area (Å²) in [6.45, 7) is 5.57. The molecule has 3 atom stereocenters. The molecule has 0 saturated carbocycles. The van der Waals surface area contributed by atoms with Gasteiger partial charge >= 0.3 is 0 Å². The van der Waals surface area contributed by atoms with E-state index in [9.17, 15) is 0 Å². The second-order valence-corrected chi connectivity index (χ2v) is 8.43. The molecule has 1 aromatic heterocycles. The molecule has 0 bridgehead atoms. The van der Waals surface area contributed by atoms with Crippen LogP contribution in [-0.4, -0.2) is 39.6 Å². The molecule has 19 heavy (non-hydrogen) atoms. The summed E-state index contributed by atoms with van der Waals surface area (Å²) in [5.41, 5.74) is 1.18. The van der Waals surface area contributed by atoms with Crippen molar-refractivity contribution in [3.8, 4) is 0 Å². The summed E-state index contributed by atoms with van der Waals surface area (Å²) >= 11 is 7.67. The highest BCUT2D eigenvalue weighted by Crippen LogP contribution is 2.33. The van der Waals surface area contributed by atoms with Gasteiger partial charge in [0, 0.05) is 50.8 Å². The number of nitrogens with zero attached hydrogens (tertiary/aromatic N) is 1. The normalized spacial score (nSPS) is 25.2. The standard InChI is InChI=1S/C14H21BrN2S2/c1-3-16-13(14-10(2)18-6-7-19-14)8-12-5-4-11(15)9-17-12/h4-5,9-10,13-14,16H,3,6-8H2,1-2H3. The Morgan fingerprint density at radius 3 is 2.84 bits per heavy atom. The van der Waals surface area contributed by atoms with Gasteiger partial charge in [0.1, 0.15) is 0 Å². The molecule has 3 unspecified atom stereocenters. The van der Waals surface area contributed by atoms with Crippen LogP contribution in [0.25, 0.3) is 0 Å². The van der Waals surface area contributed by atoms with Crippen LogP contribution in [0.5, 0.6) is 0 Å². The summed E-state index contributed by atoms with van der Waals surface area (Å²) in [6, 6.07) is 4.73. The van der Waals surface area contributed by atoms with E-state index in [1.54, 1.807) is 0 Å². The van der Waals surface area contributed by atoms with Crippen LogP contribution in [0.4, 0.5) is 0 Å². The molecular formula is C14H21BrN2S2. The summed E-state index contributed by atoms with van der Waals surface area (Å²) in [5, 5.41) is 5.06. The maximum absolute atomic E-state index is 4.52. The van der Waals surface area contributed by atoms with Crippen molar-refractivity contribution in [2.24, 2.45) is 0 Å². The first-order valence-electron chi connectivity index (χ1n) is 6.77. The van der Waals surface area contributed by atoms with Crippen molar-refractivity contribution in [1.29, 1.82) is 0 Å². The fraction of sp³-hybridized carbons (Fsp3) is 0.643. The Morgan fingerprint density at radius 2 is 2.21 bits per heavy atom. The zero-order valence-corrected chi connectivity index (χ0v) is 14.7. The molecule has 2 nitrogen and oxygen atoms in total. The number of likely N-dealkylation sites (N-methyl/N-ethyl adjacent to an activating group) is 1. The van der Waals surface area contributed by atoms with Crippen LogP contribution in [0.2, 0.25) is 0 Å². The Balaban J connectivity index is 2.04. The maximum Gasteiger partial charge on any atom is 0.0420 e. The van der Waals surface area contributed by atoms with Gasteiger partial charge in [-0.15, -0.1) is 0 Å². The number of rotatable bonds is 5. The van der Waals surface area contributed by atoms with Gasteiger partial charge in [-0.25, -0.2) is 0 Å². The first kappa shape index (κ1) is 15.7. The molecular weight excluding hydrogens is 340 g/mol. The van der Waals surface area contributed by atoms with Crippen molar-refractivity contribution in [3.05, 3.63) is 28.5 Å². The Bertz CT molecular complexity index is 386. The molecule has 2 rings (SSSR count). The van der Waals surface area contributed by atoms with Gasteiger partial charge in [-0.05, 0) is 34.6 Å². The van der Waals surface area contributed by atoms with Gasteiger partial charge in [-0.2, -0.15) is 23.5 Å². The largest absolute Gasteiger partial charge is 0.313 e. The number of hydrogen-bond donors (Lipinski definition) is 1. The number of hydrogen-bond acceptors (Lipinski definition) is 4. The van der Waals surface area contributed by atoms with Crippen molar-refractivity contribution in [3.63, 3.8) is 0 Å². The lowest BCUT2D eigenvalue weighted by molar-refractivity contribution is 0.496. The molecule has 2 heterocycles. The molecule has 0 amide bonds. The van der Waals surface area contributed by atoms with Crippen LogP contribution >= 0.6 is 39.5 Å². The van der Waals surface area contributed by atoms with Crippen LogP contribution in [0.15, 0.2) is 22.8 Å². The molecule has 1 fully saturated rings. The summed E-state index contributed by atoms with van der Waals surface area (Å²) in [5.74, 6) is 2.56. The van der Waals surface area contributed by atoms with Crippen LogP contribution in [0.1, 0.15) is 19.5 Å². The van der Waals surface area contributed by atoms with Crippen molar-refractivity contribution in [2.75, 3.05) is 18.1 Å². The average molecular weight is 361 g/mol. The lowest BCUT2D eigenvalue weighted by atomic mass is 10.0. The van der Waals surface area contributed by atoms with E-state index in [2.05, 4.69) is 75.7 Å². The molecule has 0 aliphatic carbocycles. The average Bonchev–Trinajstić information content (AvgIpc) is 2.41. The predicted octanol–water partition coefficient (Wildman–Crippen LogP) is 3.60. The predicted molar refractivity (Wildman–Crippen MR) is 91.3 cm³/mol. The van der Waals surface area contributed by atoms with Crippen molar-refractivity contribution < 1.29 is 0 Å². The number of pyridine rings is 1. The molecule has 1 aliphatic rings. The van der Waals surface area contributed by atoms with Crippen molar-refractivity contribution in [1.82, 2.24) is 10.3 Å². The van der Waals surface area contributed by atoms with Gasteiger partial charge in [0.2, 0.25) is 0 Å². The smallest absolute Gasteiger partial charge is 0.0420 e. The van der Waals surface area contributed by atoms with Gasteiger partial charge in [-0.3, -0.25) is 4.98 Å². The van der Waals surface area contributed by atoms with E-state index >= 15 is 0 Å². The van der Waals surface area contributed by atoms with Gasteiger partial charge in [-0.1, -0.05) is 13.8 Å². The highest BCUT2D eigenvalue weighted by atomic mass is 79.9. The first-order chi connectivity index (χ1) is 9.20. The first-order valence-corrected chi connectivity index (χ1v) is 9.66. The third-order valence-corrected chi connectivity index (χ3v) is 7.04. The molecule has 1 aliphatic heterocycles. The van der Waals surface area contributed by atoms with Crippen LogP contribution in [0, 0.1) is 0 Å². The second-order valence-electron chi connectivity index (χ2n) is 4.75. The van der Waals surface area contributed by atoms with E-state index in [1.807, 2.05) is 6.20 Å². The second kappa shape index (κ2) is 7.91. The van der Waals surface area contributed by atoms with Crippen molar-refractivity contribution >= 4 is 39.5 Å². The van der Waals surface area contributed by atoms with Crippen LogP contribution in [-0.2, 0) is 6.42 Å². The van der Waals surface area contributed by atoms with E-state index in [-0.39, 0.29) is 0 Å². The van der Waals surface area contributed by atoms with E-state index in [0.717, 1.165) is 22.7 Å². The van der Waals surface area contributed by atoms with Crippen molar-refractivity contribution in [2.45, 2.75) is 36.8 Å². The van der Waals surface area contributed by atoms with Gasteiger partial charge in [0.15, 0.2) is 0 Å². The quantitative estimate of drug-likeness (QED) is 0.866. The van der Waals surface area contributed by atoms with Gasteiger partial charge < -0.3 is 5.32 Å². The third kappa shape index (κ3) is 4.66. The summed E-state index contributed by atoms with van der Waals surface area (Å²) in [4.78, 5) is 4.52. The van der Waals surface area contributed by atoms with Crippen LogP contribution < -0.4 is 5.32 Å². The number of nitrogens with one attached hydrogen (secondary N) is 1. The molecule has 106 valence electrons. The minimum absolute atomic E-state index is 0.520. The van der Waals surface area contributed by atoms with E-state index in [0.29, 0.717) is 11.3 Å². The lowest BCUT2D eigenvalue weighted by Gasteiger charge is -2.34. The van der Waals surface area contributed by atoms with Crippen LogP contribution in [0.3, 0.4) is 0 Å². The summed E-state index contributed by atoms with van der Waals surface area (Å²) in [7, 11) is 0. The molecule has 0 spiro atoms. The Kier molecular flexibility index (Phi) is 6.53. The topological polar surface area (TPSA) is 24.9 Å². The maximum atomic E-state index is 4.52. The van der Waals surface area contributed by atoms with E-state index in [1.165, 1.54) is 17.2 Å². The third-order valence-electron chi connectivity index (χ3n) is 3.32. The Labute approximate surface area is 133 Å². The van der Waals surface area contributed by atoms with Gasteiger partial charge in [0.25, 0.3) is 0 Å². The minimum Gasteiger partial charge on any atom is -0.313 e. The number of aromatic nitrogens is 1. The lowest BCUT2D eigenvalue weighted by Crippen LogP contribution is -2.45.